The van der Waals surface area contributed by atoms with Gasteiger partial charge in [-0.15, -0.1) is 11.6 Å². The Morgan fingerprint density at radius 3 is 2.59 bits per heavy atom. The molecule has 0 aliphatic heterocycles. The van der Waals surface area contributed by atoms with E-state index in [1.165, 1.54) is 0 Å². The molecule has 0 aromatic heterocycles. The topological polar surface area (TPSA) is 55.4 Å². The van der Waals surface area contributed by atoms with Crippen LogP contribution in [0.15, 0.2) is 30.3 Å². The Bertz CT molecular complexity index is 410. The Hall–Kier alpha value is -0.830. The fourth-order valence-electron chi connectivity index (χ4n) is 1.28. The maximum absolute atomic E-state index is 12.4. The molecule has 1 aromatic rings. The third-order valence-electron chi connectivity index (χ3n) is 2.13. The number of halogens is 1. The monoisotopic (exact) mass is 275 g/mol. The van der Waals surface area contributed by atoms with Crippen molar-refractivity contribution in [1.29, 1.82) is 0 Å². The molecule has 1 atom stereocenters. The Labute approximate surface area is 106 Å². The van der Waals surface area contributed by atoms with Gasteiger partial charge in [-0.3, -0.25) is 9.88 Å². The molecule has 94 valence electrons. The molecule has 1 N–H and O–H groups in total. The molecule has 0 saturated carbocycles. The highest BCUT2D eigenvalue weighted by Gasteiger charge is 2.23. The minimum absolute atomic E-state index is 0.0591. The molecule has 0 aliphatic rings. The Kier molecular flexibility index (Phi) is 5.69. The van der Waals surface area contributed by atoms with E-state index in [0.717, 1.165) is 0 Å². The summed E-state index contributed by atoms with van der Waals surface area (Å²) in [6, 6.07) is 8.83. The average Bonchev–Trinajstić information content (AvgIpc) is 2.37. The quantitative estimate of drug-likeness (QED) is 0.490. The summed E-state index contributed by atoms with van der Waals surface area (Å²) in [6.45, 7) is 1.92. The molecular weight excluding hydrogens is 261 g/mol. The van der Waals surface area contributed by atoms with Crippen LogP contribution in [0.25, 0.3) is 0 Å². The number of carbonyl (C=O) groups excluding carboxylic acids is 1. The third-order valence-corrected chi connectivity index (χ3v) is 5.27. The molecule has 1 rings (SSSR count). The van der Waals surface area contributed by atoms with Crippen molar-refractivity contribution in [3.63, 3.8) is 0 Å². The van der Waals surface area contributed by atoms with Crippen molar-refractivity contribution in [1.82, 2.24) is 5.09 Å². The van der Waals surface area contributed by atoms with Crippen molar-refractivity contribution in [2.24, 2.45) is 0 Å². The summed E-state index contributed by atoms with van der Waals surface area (Å²) < 4.78 is 17.2. The van der Waals surface area contributed by atoms with Crippen LogP contribution in [0.5, 0.6) is 0 Å². The molecule has 0 amide bonds. The second-order valence-electron chi connectivity index (χ2n) is 3.33. The van der Waals surface area contributed by atoms with Crippen molar-refractivity contribution < 1.29 is 14.1 Å². The highest BCUT2D eigenvalue weighted by molar-refractivity contribution is 7.71. The molecule has 17 heavy (non-hydrogen) atoms. The van der Waals surface area contributed by atoms with Crippen LogP contribution in [0.1, 0.15) is 6.92 Å². The fraction of sp³-hybridized carbons (Fsp3) is 0.364. The summed E-state index contributed by atoms with van der Waals surface area (Å²) in [7, 11) is -2.92. The zero-order valence-corrected chi connectivity index (χ0v) is 11.2. The Morgan fingerprint density at radius 2 is 2.06 bits per heavy atom. The predicted molar refractivity (Wildman–Crippen MR) is 69.0 cm³/mol. The van der Waals surface area contributed by atoms with Crippen molar-refractivity contribution in [2.75, 3.05) is 18.8 Å². The zero-order chi connectivity index (χ0) is 12.7. The lowest BCUT2D eigenvalue weighted by atomic mass is 10.4. The lowest BCUT2D eigenvalue weighted by molar-refractivity contribution is -0.141. The number of nitrogens with one attached hydrogen (secondary N) is 1. The SMILES string of the molecule is CCOC(=O)CNP(=O)(CCl)c1ccccc1. The van der Waals surface area contributed by atoms with Gasteiger partial charge < -0.3 is 9.30 Å². The van der Waals surface area contributed by atoms with Crippen molar-refractivity contribution in [2.45, 2.75) is 6.92 Å². The number of rotatable bonds is 6. The van der Waals surface area contributed by atoms with Gasteiger partial charge in [-0.2, -0.15) is 0 Å². The zero-order valence-electron chi connectivity index (χ0n) is 9.56. The molecule has 0 saturated heterocycles. The number of carbonyl (C=O) groups is 1. The summed E-state index contributed by atoms with van der Waals surface area (Å²) in [5.41, 5.74) is -0.0591. The fourth-order valence-corrected chi connectivity index (χ4v) is 3.39. The van der Waals surface area contributed by atoms with Crippen LogP contribution in [-0.2, 0) is 14.1 Å². The normalized spacial score (nSPS) is 14.0. The molecule has 4 nitrogen and oxygen atoms in total. The summed E-state index contributed by atoms with van der Waals surface area (Å²) in [4.78, 5) is 11.2. The van der Waals surface area contributed by atoms with Gasteiger partial charge in [0.1, 0.15) is 6.54 Å². The first-order valence-electron chi connectivity index (χ1n) is 5.24. The molecule has 1 unspecified atom stereocenters. The van der Waals surface area contributed by atoms with E-state index in [0.29, 0.717) is 11.9 Å². The van der Waals surface area contributed by atoms with Crippen molar-refractivity contribution in [3.05, 3.63) is 30.3 Å². The van der Waals surface area contributed by atoms with E-state index in [9.17, 15) is 9.36 Å². The van der Waals surface area contributed by atoms with Gasteiger partial charge in [0.15, 0.2) is 7.29 Å². The van der Waals surface area contributed by atoms with Crippen molar-refractivity contribution >= 4 is 30.2 Å². The number of hydrogen-bond donors (Lipinski definition) is 1. The number of hydrogen-bond acceptors (Lipinski definition) is 3. The largest absolute Gasteiger partial charge is 0.465 e. The van der Waals surface area contributed by atoms with Crippen LogP contribution in [0.2, 0.25) is 0 Å². The van der Waals surface area contributed by atoms with E-state index < -0.39 is 13.3 Å². The average molecular weight is 276 g/mol. The number of alkyl halides is 1. The summed E-state index contributed by atoms with van der Waals surface area (Å²) >= 11 is 5.73. The maximum atomic E-state index is 12.4. The molecule has 1 aromatic carbocycles. The van der Waals surface area contributed by atoms with Gasteiger partial charge in [0.05, 0.1) is 12.2 Å². The molecule has 0 aliphatic carbocycles. The Morgan fingerprint density at radius 1 is 1.41 bits per heavy atom. The van der Waals surface area contributed by atoms with Crippen molar-refractivity contribution in [3.8, 4) is 0 Å². The van der Waals surface area contributed by atoms with Crippen LogP contribution in [0, 0.1) is 0 Å². The molecule has 0 radical (unpaired) electrons. The minimum atomic E-state index is -2.92. The smallest absolute Gasteiger partial charge is 0.320 e. The van der Waals surface area contributed by atoms with Gasteiger partial charge in [-0.1, -0.05) is 30.3 Å². The lowest BCUT2D eigenvalue weighted by Crippen LogP contribution is -2.27. The van der Waals surface area contributed by atoms with E-state index in [-0.39, 0.29) is 12.2 Å². The Balaban J connectivity index is 2.70. The third kappa shape index (κ3) is 4.15. The lowest BCUT2D eigenvalue weighted by Gasteiger charge is -2.16. The van der Waals surface area contributed by atoms with Gasteiger partial charge in [-0.25, -0.2) is 0 Å². The van der Waals surface area contributed by atoms with Gasteiger partial charge in [0.25, 0.3) is 0 Å². The van der Waals surface area contributed by atoms with E-state index in [2.05, 4.69) is 5.09 Å². The van der Waals surface area contributed by atoms with Crippen LogP contribution in [0.3, 0.4) is 0 Å². The second-order valence-corrected chi connectivity index (χ2v) is 6.60. The minimum Gasteiger partial charge on any atom is -0.465 e. The molecule has 0 fully saturated rings. The van der Waals surface area contributed by atoms with Gasteiger partial charge in [0.2, 0.25) is 0 Å². The van der Waals surface area contributed by atoms with E-state index >= 15 is 0 Å². The molecule has 0 bridgehead atoms. The highest BCUT2D eigenvalue weighted by Crippen LogP contribution is 2.40. The first-order chi connectivity index (χ1) is 8.12. The molecule has 0 spiro atoms. The predicted octanol–water partition coefficient (Wildman–Crippen LogP) is 1.94. The van der Waals surface area contributed by atoms with Crippen LogP contribution in [-0.4, -0.2) is 24.7 Å². The van der Waals surface area contributed by atoms with Gasteiger partial charge in [0, 0.05) is 5.30 Å². The number of esters is 1. The number of benzene rings is 1. The first kappa shape index (κ1) is 14.2. The second kappa shape index (κ2) is 6.80. The van der Waals surface area contributed by atoms with Gasteiger partial charge in [-0.05, 0) is 6.92 Å². The van der Waals surface area contributed by atoms with Gasteiger partial charge >= 0.3 is 5.97 Å². The summed E-state index contributed by atoms with van der Waals surface area (Å²) in [6.07, 6.45) is 0. The highest BCUT2D eigenvalue weighted by atomic mass is 35.5. The van der Waals surface area contributed by atoms with Crippen LogP contribution in [0.4, 0.5) is 0 Å². The maximum Gasteiger partial charge on any atom is 0.320 e. The number of ether oxygens (including phenoxy) is 1. The van der Waals surface area contributed by atoms with E-state index in [1.807, 2.05) is 6.07 Å². The van der Waals surface area contributed by atoms with Crippen LogP contribution >= 0.6 is 18.9 Å². The molecule has 6 heteroatoms. The summed E-state index contributed by atoms with van der Waals surface area (Å²) in [5, 5.41) is 3.31. The van der Waals surface area contributed by atoms with E-state index in [1.54, 1.807) is 31.2 Å². The first-order valence-corrected chi connectivity index (χ1v) is 7.66. The van der Waals surface area contributed by atoms with Crippen LogP contribution < -0.4 is 10.4 Å². The van der Waals surface area contributed by atoms with E-state index in [4.69, 9.17) is 16.3 Å². The summed E-state index contributed by atoms with van der Waals surface area (Å²) in [5.74, 6) is -0.436. The molecular formula is C11H15ClNO3P. The standard InChI is InChI=1S/C11H15ClNO3P/c1-2-16-11(14)8-13-17(15,9-12)10-6-4-3-5-7-10/h3-7H,2,8-9H2,1H3,(H,13,15). The molecule has 0 heterocycles.